The number of hydrogen-bond donors (Lipinski definition) is 3. The molecule has 0 fully saturated rings. The second-order valence-electron chi connectivity index (χ2n) is 8.63. The molecule has 3 heterocycles. The third-order valence-electron chi connectivity index (χ3n) is 5.81. The standard InChI is InChI=1S/C24H30N6O/c1-17(18-9-5-4-6-10-18)25-13-14-27-23(31)19-16-28-30-22(19)29-21(15-24(30,2)3)20-11-7-8-12-26-20/h4-12,16-17,21,25,29H,13-15H2,1-3H3,(H,27,31). The van der Waals surface area contributed by atoms with Crippen LogP contribution in [0.3, 0.4) is 0 Å². The molecular formula is C24H30N6O. The van der Waals surface area contributed by atoms with Crippen LogP contribution in [0.2, 0.25) is 0 Å². The van der Waals surface area contributed by atoms with Crippen molar-refractivity contribution < 1.29 is 4.79 Å². The minimum Gasteiger partial charge on any atom is -0.361 e. The Labute approximate surface area is 183 Å². The lowest BCUT2D eigenvalue weighted by molar-refractivity contribution is 0.0954. The highest BCUT2D eigenvalue weighted by Crippen LogP contribution is 2.39. The molecule has 3 aromatic rings. The quantitative estimate of drug-likeness (QED) is 0.510. The number of rotatable bonds is 7. The van der Waals surface area contributed by atoms with Crippen molar-refractivity contribution in [3.8, 4) is 0 Å². The molecule has 0 spiro atoms. The van der Waals surface area contributed by atoms with Gasteiger partial charge < -0.3 is 16.0 Å². The van der Waals surface area contributed by atoms with E-state index in [4.69, 9.17) is 0 Å². The Morgan fingerprint density at radius 2 is 1.97 bits per heavy atom. The third-order valence-corrected chi connectivity index (χ3v) is 5.81. The molecule has 4 rings (SSSR count). The van der Waals surface area contributed by atoms with Gasteiger partial charge in [0.25, 0.3) is 5.91 Å². The number of amides is 1. The maximum absolute atomic E-state index is 12.9. The zero-order valence-electron chi connectivity index (χ0n) is 18.3. The topological polar surface area (TPSA) is 83.9 Å². The van der Waals surface area contributed by atoms with Crippen molar-refractivity contribution in [2.24, 2.45) is 0 Å². The molecule has 0 bridgehead atoms. The predicted molar refractivity (Wildman–Crippen MR) is 122 cm³/mol. The average molecular weight is 419 g/mol. The first-order valence-corrected chi connectivity index (χ1v) is 10.8. The van der Waals surface area contributed by atoms with E-state index in [1.165, 1.54) is 5.56 Å². The van der Waals surface area contributed by atoms with Gasteiger partial charge in [-0.15, -0.1) is 0 Å². The van der Waals surface area contributed by atoms with Gasteiger partial charge in [-0.1, -0.05) is 36.4 Å². The third kappa shape index (κ3) is 4.61. The summed E-state index contributed by atoms with van der Waals surface area (Å²) in [6.07, 6.45) is 4.29. The van der Waals surface area contributed by atoms with Crippen LogP contribution in [0.5, 0.6) is 0 Å². The van der Waals surface area contributed by atoms with Crippen LogP contribution >= 0.6 is 0 Å². The van der Waals surface area contributed by atoms with Crippen molar-refractivity contribution in [2.45, 2.75) is 44.8 Å². The number of nitrogens with zero attached hydrogens (tertiary/aromatic N) is 3. The summed E-state index contributed by atoms with van der Waals surface area (Å²) in [5, 5.41) is 14.5. The molecule has 0 radical (unpaired) electrons. The summed E-state index contributed by atoms with van der Waals surface area (Å²) in [6.45, 7) is 7.61. The molecule has 2 aromatic heterocycles. The zero-order chi connectivity index (χ0) is 21.8. The van der Waals surface area contributed by atoms with Gasteiger partial charge in [-0.25, -0.2) is 4.68 Å². The minimum atomic E-state index is -0.228. The van der Waals surface area contributed by atoms with Gasteiger partial charge in [-0.05, 0) is 44.9 Å². The molecule has 7 heteroatoms. The van der Waals surface area contributed by atoms with E-state index in [1.807, 2.05) is 41.1 Å². The second-order valence-corrected chi connectivity index (χ2v) is 8.63. The molecule has 7 nitrogen and oxygen atoms in total. The first-order valence-electron chi connectivity index (χ1n) is 10.8. The fourth-order valence-electron chi connectivity index (χ4n) is 4.09. The van der Waals surface area contributed by atoms with Crippen molar-refractivity contribution in [1.82, 2.24) is 25.4 Å². The number of aromatic nitrogens is 3. The van der Waals surface area contributed by atoms with Crippen molar-refractivity contribution in [3.05, 3.63) is 77.7 Å². The molecule has 1 aromatic carbocycles. The number of pyridine rings is 1. The Kier molecular flexibility index (Phi) is 6.04. The van der Waals surface area contributed by atoms with Crippen LogP contribution in [-0.2, 0) is 5.54 Å². The average Bonchev–Trinajstić information content (AvgIpc) is 3.22. The maximum atomic E-state index is 12.9. The van der Waals surface area contributed by atoms with Crippen LogP contribution in [-0.4, -0.2) is 33.8 Å². The van der Waals surface area contributed by atoms with Gasteiger partial charge in [0.1, 0.15) is 11.4 Å². The van der Waals surface area contributed by atoms with Gasteiger partial charge >= 0.3 is 0 Å². The van der Waals surface area contributed by atoms with Gasteiger partial charge in [0, 0.05) is 25.3 Å². The molecule has 2 unspecified atom stereocenters. The van der Waals surface area contributed by atoms with Crippen LogP contribution in [0.4, 0.5) is 5.82 Å². The smallest absolute Gasteiger partial charge is 0.256 e. The van der Waals surface area contributed by atoms with Crippen molar-refractivity contribution in [2.75, 3.05) is 18.4 Å². The summed E-state index contributed by atoms with van der Waals surface area (Å²) >= 11 is 0. The highest BCUT2D eigenvalue weighted by atomic mass is 16.1. The van der Waals surface area contributed by atoms with Gasteiger partial charge in [0.2, 0.25) is 0 Å². The van der Waals surface area contributed by atoms with E-state index in [0.29, 0.717) is 18.7 Å². The first-order chi connectivity index (χ1) is 15.0. The van der Waals surface area contributed by atoms with E-state index < -0.39 is 0 Å². The van der Waals surface area contributed by atoms with E-state index >= 15 is 0 Å². The summed E-state index contributed by atoms with van der Waals surface area (Å²) in [5.74, 6) is 0.621. The molecule has 1 aliphatic heterocycles. The number of anilines is 1. The first kappa shape index (κ1) is 21.1. The van der Waals surface area contributed by atoms with Crippen molar-refractivity contribution in [3.63, 3.8) is 0 Å². The molecule has 1 aliphatic rings. The van der Waals surface area contributed by atoms with E-state index in [2.05, 4.69) is 58.9 Å². The maximum Gasteiger partial charge on any atom is 0.256 e. The van der Waals surface area contributed by atoms with Crippen LogP contribution in [0.25, 0.3) is 0 Å². The molecule has 0 saturated heterocycles. The largest absolute Gasteiger partial charge is 0.361 e. The van der Waals surface area contributed by atoms with E-state index in [0.717, 1.165) is 17.9 Å². The summed E-state index contributed by atoms with van der Waals surface area (Å²) < 4.78 is 1.91. The van der Waals surface area contributed by atoms with Crippen LogP contribution in [0, 0.1) is 0 Å². The SMILES string of the molecule is CC(NCCNC(=O)c1cnn2c1NC(c1ccccn1)CC2(C)C)c1ccccc1. The lowest BCUT2D eigenvalue weighted by atomic mass is 9.91. The van der Waals surface area contributed by atoms with Crippen molar-refractivity contribution >= 4 is 11.7 Å². The minimum absolute atomic E-state index is 0.0281. The number of benzene rings is 1. The van der Waals surface area contributed by atoms with Crippen LogP contribution in [0.1, 0.15) is 60.9 Å². The van der Waals surface area contributed by atoms with Crippen LogP contribution in [0.15, 0.2) is 60.9 Å². The summed E-state index contributed by atoms with van der Waals surface area (Å²) in [4.78, 5) is 17.4. The van der Waals surface area contributed by atoms with Crippen molar-refractivity contribution in [1.29, 1.82) is 0 Å². The fourth-order valence-corrected chi connectivity index (χ4v) is 4.09. The molecule has 0 saturated carbocycles. The number of fused-ring (bicyclic) bond motifs is 1. The number of hydrogen-bond acceptors (Lipinski definition) is 5. The summed E-state index contributed by atoms with van der Waals surface area (Å²) in [5.41, 5.74) is 2.53. The zero-order valence-corrected chi connectivity index (χ0v) is 18.3. The summed E-state index contributed by atoms with van der Waals surface area (Å²) in [7, 11) is 0. The highest BCUT2D eigenvalue weighted by Gasteiger charge is 2.37. The van der Waals surface area contributed by atoms with Gasteiger partial charge in [-0.3, -0.25) is 9.78 Å². The van der Waals surface area contributed by atoms with Gasteiger partial charge in [0.05, 0.1) is 23.5 Å². The van der Waals surface area contributed by atoms with Gasteiger partial charge in [0.15, 0.2) is 0 Å². The normalized spacial score (nSPS) is 18.0. The number of carbonyl (C=O) groups is 1. The second kappa shape index (κ2) is 8.89. The lowest BCUT2D eigenvalue weighted by Gasteiger charge is -2.37. The molecule has 162 valence electrons. The number of nitrogens with one attached hydrogen (secondary N) is 3. The Morgan fingerprint density at radius 3 is 2.71 bits per heavy atom. The Morgan fingerprint density at radius 1 is 1.19 bits per heavy atom. The molecule has 3 N–H and O–H groups in total. The molecule has 31 heavy (non-hydrogen) atoms. The Hall–Kier alpha value is -3.19. The Balaban J connectivity index is 1.39. The van der Waals surface area contributed by atoms with E-state index in [-0.39, 0.29) is 23.5 Å². The van der Waals surface area contributed by atoms with Gasteiger partial charge in [-0.2, -0.15) is 5.10 Å². The van der Waals surface area contributed by atoms with Crippen LogP contribution < -0.4 is 16.0 Å². The number of carbonyl (C=O) groups excluding carboxylic acids is 1. The monoisotopic (exact) mass is 418 g/mol. The predicted octanol–water partition coefficient (Wildman–Crippen LogP) is 3.65. The molecule has 1 amide bonds. The molecule has 2 atom stereocenters. The fraction of sp³-hybridized carbons (Fsp3) is 0.375. The van der Waals surface area contributed by atoms with E-state index in [9.17, 15) is 4.79 Å². The lowest BCUT2D eigenvalue weighted by Crippen LogP contribution is -2.39. The molecule has 0 aliphatic carbocycles. The summed E-state index contributed by atoms with van der Waals surface area (Å²) in [6, 6.07) is 16.4. The molecular weight excluding hydrogens is 388 g/mol. The van der Waals surface area contributed by atoms with E-state index in [1.54, 1.807) is 12.4 Å². The highest BCUT2D eigenvalue weighted by molar-refractivity contribution is 5.98. The Bertz CT molecular complexity index is 1020.